The minimum Gasteiger partial charge on any atom is -0.334 e. The number of hydrogen-bond donors (Lipinski definition) is 1. The van der Waals surface area contributed by atoms with Crippen LogP contribution in [0.4, 0.5) is 4.79 Å². The molecule has 0 saturated heterocycles. The SMILES string of the molecule is Cc1ccc(CNC(=O)N2CCc3ccc(C(C)(C)C)cc3C2)c(=O)n1C. The molecule has 2 heterocycles. The van der Waals surface area contributed by atoms with E-state index >= 15 is 0 Å². The van der Waals surface area contributed by atoms with Crippen molar-refractivity contribution in [2.45, 2.75) is 52.6 Å². The van der Waals surface area contributed by atoms with E-state index in [1.807, 2.05) is 17.9 Å². The maximum atomic E-state index is 12.6. The molecule has 1 aliphatic rings. The van der Waals surface area contributed by atoms with Gasteiger partial charge in [-0.2, -0.15) is 0 Å². The van der Waals surface area contributed by atoms with E-state index < -0.39 is 0 Å². The molecule has 0 unspecified atom stereocenters. The number of amides is 2. The molecule has 0 aliphatic carbocycles. The van der Waals surface area contributed by atoms with Gasteiger partial charge in [-0.05, 0) is 41.5 Å². The minimum atomic E-state index is -0.121. The van der Waals surface area contributed by atoms with Gasteiger partial charge in [0.2, 0.25) is 0 Å². The Bertz CT molecular complexity index is 922. The third-order valence-corrected chi connectivity index (χ3v) is 5.44. The Morgan fingerprint density at radius 1 is 1.15 bits per heavy atom. The van der Waals surface area contributed by atoms with Crippen molar-refractivity contribution in [2.75, 3.05) is 6.54 Å². The molecule has 1 N–H and O–H groups in total. The number of hydrogen-bond acceptors (Lipinski definition) is 2. The summed E-state index contributed by atoms with van der Waals surface area (Å²) in [5.41, 5.74) is 5.35. The number of carbonyl (C=O) groups is 1. The van der Waals surface area contributed by atoms with Gasteiger partial charge in [-0.15, -0.1) is 0 Å². The first-order valence-corrected chi connectivity index (χ1v) is 9.47. The average Bonchev–Trinajstić information content (AvgIpc) is 2.63. The molecule has 5 nitrogen and oxygen atoms in total. The number of fused-ring (bicyclic) bond motifs is 1. The number of pyridine rings is 1. The van der Waals surface area contributed by atoms with Gasteiger partial charge in [0, 0.05) is 37.9 Å². The number of benzene rings is 1. The van der Waals surface area contributed by atoms with Crippen molar-refractivity contribution in [1.82, 2.24) is 14.8 Å². The molecule has 2 amide bonds. The Labute approximate surface area is 161 Å². The third-order valence-electron chi connectivity index (χ3n) is 5.44. The molecule has 0 saturated carbocycles. The lowest BCUT2D eigenvalue weighted by Gasteiger charge is -2.30. The van der Waals surface area contributed by atoms with Gasteiger partial charge in [0.1, 0.15) is 0 Å². The zero-order valence-corrected chi connectivity index (χ0v) is 16.9. The summed E-state index contributed by atoms with van der Waals surface area (Å²) in [5.74, 6) is 0. The Morgan fingerprint density at radius 3 is 2.59 bits per heavy atom. The fourth-order valence-electron chi connectivity index (χ4n) is 3.39. The zero-order valence-electron chi connectivity index (χ0n) is 16.9. The van der Waals surface area contributed by atoms with Gasteiger partial charge in [-0.1, -0.05) is 45.0 Å². The lowest BCUT2D eigenvalue weighted by molar-refractivity contribution is 0.192. The number of aryl methyl sites for hydroxylation is 1. The second kappa shape index (κ2) is 7.22. The van der Waals surface area contributed by atoms with Crippen molar-refractivity contribution in [2.24, 2.45) is 7.05 Å². The number of urea groups is 1. The quantitative estimate of drug-likeness (QED) is 0.886. The number of nitrogens with one attached hydrogen (secondary N) is 1. The lowest BCUT2D eigenvalue weighted by atomic mass is 9.84. The van der Waals surface area contributed by atoms with E-state index in [4.69, 9.17) is 0 Å². The highest BCUT2D eigenvalue weighted by Crippen LogP contribution is 2.27. The molecule has 0 atom stereocenters. The Morgan fingerprint density at radius 2 is 1.89 bits per heavy atom. The first-order valence-electron chi connectivity index (χ1n) is 9.47. The predicted molar refractivity (Wildman–Crippen MR) is 108 cm³/mol. The lowest BCUT2D eigenvalue weighted by Crippen LogP contribution is -2.43. The molecular weight excluding hydrogens is 338 g/mol. The summed E-state index contributed by atoms with van der Waals surface area (Å²) < 4.78 is 1.60. The Balaban J connectivity index is 1.69. The van der Waals surface area contributed by atoms with Crippen LogP contribution in [0.1, 0.15) is 48.7 Å². The summed E-state index contributed by atoms with van der Waals surface area (Å²) in [6.07, 6.45) is 0.861. The molecule has 0 radical (unpaired) electrons. The molecular formula is C22H29N3O2. The number of rotatable bonds is 2. The zero-order chi connectivity index (χ0) is 19.8. The standard InChI is InChI=1S/C22H29N3O2/c1-15-6-7-17(20(26)24(15)5)13-23-21(27)25-11-10-16-8-9-19(22(2,3)4)12-18(16)14-25/h6-9,12H,10-11,13-14H2,1-5H3,(H,23,27). The van der Waals surface area contributed by atoms with Crippen molar-refractivity contribution in [3.8, 4) is 0 Å². The second-order valence-electron chi connectivity index (χ2n) is 8.43. The van der Waals surface area contributed by atoms with E-state index in [0.717, 1.165) is 12.1 Å². The highest BCUT2D eigenvalue weighted by molar-refractivity contribution is 5.74. The van der Waals surface area contributed by atoms with Gasteiger partial charge >= 0.3 is 6.03 Å². The van der Waals surface area contributed by atoms with Gasteiger partial charge in [-0.3, -0.25) is 4.79 Å². The summed E-state index contributed by atoms with van der Waals surface area (Å²) in [4.78, 5) is 26.7. The van der Waals surface area contributed by atoms with E-state index in [1.54, 1.807) is 17.7 Å². The van der Waals surface area contributed by atoms with E-state index in [0.29, 0.717) is 18.7 Å². The first-order chi connectivity index (χ1) is 12.7. The van der Waals surface area contributed by atoms with Gasteiger partial charge in [-0.25, -0.2) is 4.79 Å². The van der Waals surface area contributed by atoms with Crippen LogP contribution < -0.4 is 10.9 Å². The Hall–Kier alpha value is -2.56. The van der Waals surface area contributed by atoms with E-state index in [1.165, 1.54) is 16.7 Å². The van der Waals surface area contributed by atoms with Crippen molar-refractivity contribution >= 4 is 6.03 Å². The normalized spacial score (nSPS) is 14.0. The molecule has 0 bridgehead atoms. The van der Waals surface area contributed by atoms with Crippen molar-refractivity contribution in [3.05, 3.63) is 68.6 Å². The van der Waals surface area contributed by atoms with Gasteiger partial charge in [0.05, 0.1) is 0 Å². The summed E-state index contributed by atoms with van der Waals surface area (Å²) in [7, 11) is 1.75. The molecule has 27 heavy (non-hydrogen) atoms. The van der Waals surface area contributed by atoms with Crippen LogP contribution in [-0.2, 0) is 32.0 Å². The monoisotopic (exact) mass is 367 g/mol. The summed E-state index contributed by atoms with van der Waals surface area (Å²) >= 11 is 0. The van der Waals surface area contributed by atoms with Crippen LogP contribution in [0.2, 0.25) is 0 Å². The molecule has 5 heteroatoms. The fraction of sp³-hybridized carbons (Fsp3) is 0.455. The van der Waals surface area contributed by atoms with Crippen LogP contribution in [-0.4, -0.2) is 22.0 Å². The van der Waals surface area contributed by atoms with Crippen molar-refractivity contribution in [1.29, 1.82) is 0 Å². The summed E-state index contributed by atoms with van der Waals surface area (Å²) in [6, 6.07) is 10.2. The molecule has 0 spiro atoms. The van der Waals surface area contributed by atoms with Crippen LogP contribution in [0, 0.1) is 6.92 Å². The smallest absolute Gasteiger partial charge is 0.317 e. The van der Waals surface area contributed by atoms with Crippen molar-refractivity contribution < 1.29 is 4.79 Å². The van der Waals surface area contributed by atoms with Gasteiger partial charge in [0.15, 0.2) is 0 Å². The summed E-state index contributed by atoms with van der Waals surface area (Å²) in [6.45, 7) is 10.0. The highest BCUT2D eigenvalue weighted by atomic mass is 16.2. The molecule has 3 rings (SSSR count). The topological polar surface area (TPSA) is 54.3 Å². The minimum absolute atomic E-state index is 0.0610. The maximum absolute atomic E-state index is 12.6. The van der Waals surface area contributed by atoms with E-state index in [-0.39, 0.29) is 23.6 Å². The second-order valence-corrected chi connectivity index (χ2v) is 8.43. The van der Waals surface area contributed by atoms with E-state index in [9.17, 15) is 9.59 Å². The third kappa shape index (κ3) is 4.07. The summed E-state index contributed by atoms with van der Waals surface area (Å²) in [5, 5.41) is 2.91. The van der Waals surface area contributed by atoms with Crippen LogP contribution in [0.5, 0.6) is 0 Å². The molecule has 2 aromatic rings. The fourth-order valence-corrected chi connectivity index (χ4v) is 3.39. The molecule has 1 aromatic heterocycles. The Kier molecular flexibility index (Phi) is 5.13. The van der Waals surface area contributed by atoms with Crippen molar-refractivity contribution in [3.63, 3.8) is 0 Å². The largest absolute Gasteiger partial charge is 0.334 e. The first kappa shape index (κ1) is 19.2. The van der Waals surface area contributed by atoms with E-state index in [2.05, 4.69) is 44.3 Å². The molecule has 1 aromatic carbocycles. The van der Waals surface area contributed by atoms with Crippen LogP contribution >= 0.6 is 0 Å². The maximum Gasteiger partial charge on any atom is 0.317 e. The number of nitrogens with zero attached hydrogens (tertiary/aromatic N) is 2. The van der Waals surface area contributed by atoms with Gasteiger partial charge < -0.3 is 14.8 Å². The van der Waals surface area contributed by atoms with Crippen LogP contribution in [0.3, 0.4) is 0 Å². The predicted octanol–water partition coefficient (Wildman–Crippen LogP) is 3.26. The van der Waals surface area contributed by atoms with Crippen LogP contribution in [0.15, 0.2) is 35.1 Å². The highest BCUT2D eigenvalue weighted by Gasteiger charge is 2.23. The number of aromatic nitrogens is 1. The molecule has 1 aliphatic heterocycles. The number of carbonyl (C=O) groups excluding carboxylic acids is 1. The van der Waals surface area contributed by atoms with Crippen LogP contribution in [0.25, 0.3) is 0 Å². The molecule has 144 valence electrons. The van der Waals surface area contributed by atoms with Gasteiger partial charge in [0.25, 0.3) is 5.56 Å². The average molecular weight is 367 g/mol. The molecule has 0 fully saturated rings.